The highest BCUT2D eigenvalue weighted by Gasteiger charge is 2.27. The van der Waals surface area contributed by atoms with E-state index in [1.165, 1.54) is 212 Å². The van der Waals surface area contributed by atoms with E-state index >= 15 is 0 Å². The van der Waals surface area contributed by atoms with Crippen LogP contribution in [0.3, 0.4) is 0 Å². The molecule has 0 saturated heterocycles. The lowest BCUT2D eigenvalue weighted by Crippen LogP contribution is -2.37. The molecule has 0 aromatic heterocycles. The molecule has 0 aliphatic rings. The fourth-order valence-electron chi connectivity index (χ4n) is 10.1. The molecule has 0 radical (unpaired) electrons. The van der Waals surface area contributed by atoms with E-state index in [2.05, 4.69) is 98.9 Å². The quantitative estimate of drug-likeness (QED) is 0.0211. The molecule has 0 spiro atoms. The third-order valence-corrected chi connectivity index (χ3v) is 16.4. The van der Waals surface area contributed by atoms with Crippen molar-refractivity contribution >= 4 is 19.8 Å². The molecule has 0 rings (SSSR count). The first-order chi connectivity index (χ1) is 41.0. The summed E-state index contributed by atoms with van der Waals surface area (Å²) >= 11 is 0. The first-order valence-electron chi connectivity index (χ1n) is 35.3. The molecule has 0 aliphatic heterocycles. The van der Waals surface area contributed by atoms with Crippen molar-refractivity contribution in [3.05, 3.63) is 85.1 Å². The second-order valence-electron chi connectivity index (χ2n) is 24.9. The maximum absolute atomic E-state index is 12.9. The Balaban J connectivity index is 3.99. The Morgan fingerprint density at radius 1 is 0.381 bits per heavy atom. The van der Waals surface area contributed by atoms with Crippen molar-refractivity contribution in [2.45, 2.75) is 328 Å². The van der Waals surface area contributed by atoms with Gasteiger partial charge < -0.3 is 18.9 Å². The lowest BCUT2D eigenvalue weighted by atomic mass is 10.0. The molecule has 9 nitrogen and oxygen atoms in total. The van der Waals surface area contributed by atoms with Crippen molar-refractivity contribution in [2.24, 2.45) is 0 Å². The molecule has 0 bridgehead atoms. The summed E-state index contributed by atoms with van der Waals surface area (Å²) in [6, 6.07) is 0. The van der Waals surface area contributed by atoms with Gasteiger partial charge in [-0.15, -0.1) is 0 Å². The van der Waals surface area contributed by atoms with Crippen LogP contribution >= 0.6 is 7.82 Å². The Labute approximate surface area is 520 Å². The first kappa shape index (κ1) is 81.2. The van der Waals surface area contributed by atoms with Crippen LogP contribution in [0.2, 0.25) is 0 Å². The summed E-state index contributed by atoms with van der Waals surface area (Å²) in [4.78, 5) is 35.9. The number of quaternary nitrogens is 1. The van der Waals surface area contributed by atoms with Gasteiger partial charge in [0, 0.05) is 12.8 Å². The third kappa shape index (κ3) is 68.3. The van der Waals surface area contributed by atoms with E-state index in [0.29, 0.717) is 23.9 Å². The van der Waals surface area contributed by atoms with Crippen LogP contribution in [0.15, 0.2) is 85.1 Å². The summed E-state index contributed by atoms with van der Waals surface area (Å²) < 4.78 is 34.7. The van der Waals surface area contributed by atoms with Gasteiger partial charge in [0.2, 0.25) is 0 Å². The number of phosphoric acid groups is 1. The number of carbonyl (C=O) groups is 2. The maximum Gasteiger partial charge on any atom is 0.472 e. The highest BCUT2D eigenvalue weighted by atomic mass is 31.2. The topological polar surface area (TPSA) is 108 Å². The minimum absolute atomic E-state index is 0.0323. The number of nitrogens with zero attached hydrogens (tertiary/aromatic N) is 1. The van der Waals surface area contributed by atoms with Crippen LogP contribution in [0.4, 0.5) is 0 Å². The van der Waals surface area contributed by atoms with Crippen LogP contribution in [0, 0.1) is 0 Å². The van der Waals surface area contributed by atoms with Crippen molar-refractivity contribution in [2.75, 3.05) is 47.5 Å². The normalized spacial score (nSPS) is 13.6. The van der Waals surface area contributed by atoms with E-state index in [0.717, 1.165) is 77.0 Å². The molecule has 2 atom stereocenters. The summed E-state index contributed by atoms with van der Waals surface area (Å²) in [5.74, 6) is -0.782. The second kappa shape index (κ2) is 64.7. The molecule has 0 heterocycles. The molecular formula is C74H135NO8P+. The zero-order chi connectivity index (χ0) is 61.2. The van der Waals surface area contributed by atoms with E-state index in [1.807, 2.05) is 21.1 Å². The SMILES string of the molecule is CC/C=C\C/C=C\C/C=C\C/C=C\C/C=C\C/C=C\C/C=C\CCCCCCCCCCCCCCCCCCCC(=O)OC(COC(=O)CCCCCCCCCCCCCCCCCCCCCCC)COP(=O)(O)OCC[N+](C)(C)C. The van der Waals surface area contributed by atoms with Gasteiger partial charge in [0.15, 0.2) is 6.10 Å². The van der Waals surface area contributed by atoms with Gasteiger partial charge in [0.25, 0.3) is 0 Å². The standard InChI is InChI=1S/C74H134NO8P/c1-6-8-10-12-14-16-18-20-22-24-26-28-29-30-31-32-33-34-35-36-37-38-39-40-41-42-43-44-45-47-49-51-53-55-57-59-61-63-65-67-74(77)83-72(71-82-84(78,79)81-69-68-75(3,4)5)70-80-73(76)66-64-62-60-58-56-54-52-50-48-46-27-25-23-21-19-17-15-13-11-9-7-2/h8,10,14,16,20,22,26,28,30-31,33-34,36-37,72H,6-7,9,11-13,15,17-19,21,23-25,27,29,32,35,38-71H2,1-5H3/p+1/b10-8-,16-14-,22-20-,28-26-,31-30-,34-33-,37-36-. The molecule has 84 heavy (non-hydrogen) atoms. The van der Waals surface area contributed by atoms with Gasteiger partial charge in [-0.05, 0) is 70.6 Å². The Kier molecular flexibility index (Phi) is 62.5. The van der Waals surface area contributed by atoms with Gasteiger partial charge >= 0.3 is 19.8 Å². The van der Waals surface area contributed by atoms with Gasteiger partial charge in [-0.25, -0.2) is 4.57 Å². The molecule has 0 saturated carbocycles. The molecule has 0 aliphatic carbocycles. The molecule has 488 valence electrons. The van der Waals surface area contributed by atoms with Crippen molar-refractivity contribution in [3.8, 4) is 0 Å². The molecule has 10 heteroatoms. The minimum Gasteiger partial charge on any atom is -0.462 e. The van der Waals surface area contributed by atoms with E-state index in [-0.39, 0.29) is 25.6 Å². The van der Waals surface area contributed by atoms with Gasteiger partial charge in [0.05, 0.1) is 27.7 Å². The van der Waals surface area contributed by atoms with E-state index in [9.17, 15) is 19.0 Å². The number of hydrogen-bond donors (Lipinski definition) is 1. The fraction of sp³-hybridized carbons (Fsp3) is 0.784. The van der Waals surface area contributed by atoms with Gasteiger partial charge in [0.1, 0.15) is 19.8 Å². The number of esters is 2. The number of phosphoric ester groups is 1. The van der Waals surface area contributed by atoms with Gasteiger partial charge in [-0.3, -0.25) is 18.6 Å². The molecule has 0 fully saturated rings. The fourth-order valence-corrected chi connectivity index (χ4v) is 10.8. The Morgan fingerprint density at radius 3 is 1.01 bits per heavy atom. The zero-order valence-electron chi connectivity index (χ0n) is 55.6. The van der Waals surface area contributed by atoms with E-state index in [1.54, 1.807) is 0 Å². The number of hydrogen-bond acceptors (Lipinski definition) is 7. The number of ether oxygens (including phenoxy) is 2. The number of allylic oxidation sites excluding steroid dienone is 14. The number of rotatable bonds is 65. The smallest absolute Gasteiger partial charge is 0.462 e. The Hall–Kier alpha value is -2.81. The summed E-state index contributed by atoms with van der Waals surface area (Å²) in [6.07, 6.45) is 88.3. The van der Waals surface area contributed by atoms with Crippen LogP contribution < -0.4 is 0 Å². The van der Waals surface area contributed by atoms with Crippen LogP contribution in [0.1, 0.15) is 322 Å². The Bertz CT molecular complexity index is 1690. The van der Waals surface area contributed by atoms with Crippen LogP contribution in [-0.4, -0.2) is 74.9 Å². The summed E-state index contributed by atoms with van der Waals surface area (Å²) in [5.41, 5.74) is 0. The van der Waals surface area contributed by atoms with Crippen molar-refractivity contribution in [1.82, 2.24) is 0 Å². The third-order valence-electron chi connectivity index (χ3n) is 15.4. The van der Waals surface area contributed by atoms with E-state index in [4.69, 9.17) is 18.5 Å². The molecule has 0 aromatic carbocycles. The highest BCUT2D eigenvalue weighted by molar-refractivity contribution is 7.47. The minimum atomic E-state index is -4.39. The number of unbranched alkanes of at least 4 members (excludes halogenated alkanes) is 37. The summed E-state index contributed by atoms with van der Waals surface area (Å²) in [5, 5.41) is 0. The van der Waals surface area contributed by atoms with Crippen molar-refractivity contribution in [1.29, 1.82) is 0 Å². The maximum atomic E-state index is 12.9. The van der Waals surface area contributed by atoms with E-state index < -0.39 is 26.5 Å². The predicted molar refractivity (Wildman–Crippen MR) is 362 cm³/mol. The molecule has 1 N–H and O–H groups in total. The average molecular weight is 1200 g/mol. The van der Waals surface area contributed by atoms with Gasteiger partial charge in [-0.1, -0.05) is 324 Å². The number of likely N-dealkylation sites (N-methyl/N-ethyl adjacent to an activating group) is 1. The molecular weight excluding hydrogens is 1060 g/mol. The summed E-state index contributed by atoms with van der Waals surface area (Å²) in [7, 11) is 1.49. The number of carbonyl (C=O) groups excluding carboxylic acids is 2. The van der Waals surface area contributed by atoms with Crippen LogP contribution in [0.5, 0.6) is 0 Å². The van der Waals surface area contributed by atoms with Crippen molar-refractivity contribution < 1.29 is 42.1 Å². The lowest BCUT2D eigenvalue weighted by Gasteiger charge is -2.24. The lowest BCUT2D eigenvalue weighted by molar-refractivity contribution is -0.870. The second-order valence-corrected chi connectivity index (χ2v) is 26.4. The van der Waals surface area contributed by atoms with Crippen molar-refractivity contribution in [3.63, 3.8) is 0 Å². The molecule has 0 aromatic rings. The first-order valence-corrected chi connectivity index (χ1v) is 36.8. The highest BCUT2D eigenvalue weighted by Crippen LogP contribution is 2.43. The Morgan fingerprint density at radius 2 is 0.679 bits per heavy atom. The van der Waals surface area contributed by atoms with Crippen LogP contribution in [0.25, 0.3) is 0 Å². The summed E-state index contributed by atoms with van der Waals surface area (Å²) in [6.45, 7) is 4.37. The zero-order valence-corrected chi connectivity index (χ0v) is 56.5. The monoisotopic (exact) mass is 1200 g/mol. The average Bonchev–Trinajstić information content (AvgIpc) is 3.61. The van der Waals surface area contributed by atoms with Crippen LogP contribution in [-0.2, 0) is 32.7 Å². The largest absolute Gasteiger partial charge is 0.472 e. The van der Waals surface area contributed by atoms with Gasteiger partial charge in [-0.2, -0.15) is 0 Å². The predicted octanol–water partition coefficient (Wildman–Crippen LogP) is 22.9. The molecule has 2 unspecified atom stereocenters. The molecule has 0 amide bonds.